The maximum absolute atomic E-state index is 14.0. The molecule has 4 aromatic rings. The van der Waals surface area contributed by atoms with Gasteiger partial charge < -0.3 is 20.7 Å². The number of carbonyl (C=O) groups excluding carboxylic acids is 2. The van der Waals surface area contributed by atoms with Gasteiger partial charge in [-0.05, 0) is 49.4 Å². The van der Waals surface area contributed by atoms with Gasteiger partial charge in [0, 0.05) is 25.7 Å². The van der Waals surface area contributed by atoms with Crippen LogP contribution >= 0.6 is 0 Å². The van der Waals surface area contributed by atoms with Crippen LogP contribution in [0.5, 0.6) is 5.88 Å². The minimum absolute atomic E-state index is 0.0110. The molecule has 0 bridgehead atoms. The molecule has 0 atom stereocenters. The fraction of sp³-hybridized carbons (Fsp3) is 0.433. The molecular formula is C30H27F11N8O3. The zero-order valence-corrected chi connectivity index (χ0v) is 26.5. The summed E-state index contributed by atoms with van der Waals surface area (Å²) in [6.45, 7) is -1.63. The topological polar surface area (TPSA) is 139 Å². The summed E-state index contributed by atoms with van der Waals surface area (Å²) in [6.07, 6.45) is -17.6. The zero-order valence-electron chi connectivity index (χ0n) is 26.5. The monoisotopic (exact) mass is 756 g/mol. The minimum atomic E-state index is -4.92. The van der Waals surface area contributed by atoms with E-state index < -0.39 is 96.0 Å². The first-order valence-corrected chi connectivity index (χ1v) is 15.2. The number of amides is 2. The number of hydrogen-bond donors (Lipinski definition) is 4. The van der Waals surface area contributed by atoms with Crippen LogP contribution in [0.4, 0.5) is 59.9 Å². The summed E-state index contributed by atoms with van der Waals surface area (Å²) < 4.78 is 152. The number of nitrogens with zero attached hydrogens (tertiary/aromatic N) is 4. The number of aryl methyl sites for hydroxylation is 1. The Morgan fingerprint density at radius 3 is 2.23 bits per heavy atom. The summed E-state index contributed by atoms with van der Waals surface area (Å²) in [6, 6.07) is 3.56. The van der Waals surface area contributed by atoms with Gasteiger partial charge in [-0.3, -0.25) is 19.3 Å². The minimum Gasteiger partial charge on any atom is -0.471 e. The molecule has 1 aliphatic rings. The Morgan fingerprint density at radius 2 is 1.63 bits per heavy atom. The molecule has 52 heavy (non-hydrogen) atoms. The highest BCUT2D eigenvalue weighted by Crippen LogP contribution is 2.39. The van der Waals surface area contributed by atoms with Crippen molar-refractivity contribution >= 4 is 34.6 Å². The normalized spacial score (nSPS) is 17.0. The van der Waals surface area contributed by atoms with Gasteiger partial charge >= 0.3 is 18.5 Å². The van der Waals surface area contributed by atoms with Crippen LogP contribution in [0.25, 0.3) is 11.2 Å². The van der Waals surface area contributed by atoms with Crippen molar-refractivity contribution in [3.05, 3.63) is 58.4 Å². The van der Waals surface area contributed by atoms with Crippen molar-refractivity contribution in [2.75, 3.05) is 11.9 Å². The first-order chi connectivity index (χ1) is 24.2. The molecule has 0 spiro atoms. The molecule has 1 fully saturated rings. The molecule has 11 nitrogen and oxygen atoms in total. The van der Waals surface area contributed by atoms with Gasteiger partial charge in [-0.1, -0.05) is 6.07 Å². The number of aromatic nitrogens is 5. The Morgan fingerprint density at radius 1 is 0.942 bits per heavy atom. The van der Waals surface area contributed by atoms with E-state index in [0.717, 1.165) is 22.8 Å². The van der Waals surface area contributed by atoms with Crippen molar-refractivity contribution in [3.63, 3.8) is 0 Å². The average Bonchev–Trinajstić information content (AvgIpc) is 3.67. The highest BCUT2D eigenvalue weighted by atomic mass is 19.4. The smallest absolute Gasteiger partial charge is 0.435 e. The summed E-state index contributed by atoms with van der Waals surface area (Å²) >= 11 is 0. The van der Waals surface area contributed by atoms with Crippen LogP contribution < -0.4 is 20.7 Å². The van der Waals surface area contributed by atoms with Gasteiger partial charge in [0.25, 0.3) is 18.2 Å². The van der Waals surface area contributed by atoms with Crippen molar-refractivity contribution in [1.82, 2.24) is 35.4 Å². The number of alkyl halides is 11. The first kappa shape index (κ1) is 38.1. The standard InChI is InChI=1S/C30H27F11N8O3/c1-49-23-19(9-16(26(46-23)52-12-22(31)32)24(50)43-15-5-3-14(4-6-15)28(33,34)35)45-27(49)44-18-8-13(2-7-17(18)29(36,37)38)11-42-25(51)20-10-21(48-47-20)30(39,40)41/h2,7-10,14-15,22H,3-6,11-12H2,1H3,(H,42,51)(H,43,50)(H,44,45)(H,47,48)/t14-,15-. The van der Waals surface area contributed by atoms with Gasteiger partial charge in [-0.25, -0.2) is 13.8 Å². The molecule has 1 aliphatic carbocycles. The lowest BCUT2D eigenvalue weighted by atomic mass is 9.85. The van der Waals surface area contributed by atoms with Crippen LogP contribution in [0, 0.1) is 5.92 Å². The molecule has 0 radical (unpaired) electrons. The van der Waals surface area contributed by atoms with E-state index in [1.54, 1.807) is 0 Å². The number of hydrogen-bond acceptors (Lipinski definition) is 7. The van der Waals surface area contributed by atoms with Gasteiger partial charge in [0.1, 0.15) is 16.8 Å². The Labute approximate surface area is 285 Å². The first-order valence-electron chi connectivity index (χ1n) is 15.2. The number of H-pyrrole nitrogens is 1. The Kier molecular flexibility index (Phi) is 10.6. The Bertz CT molecular complexity index is 1930. The number of nitrogens with one attached hydrogen (secondary N) is 4. The molecule has 1 aromatic carbocycles. The summed E-state index contributed by atoms with van der Waals surface area (Å²) in [5.41, 5.74) is -4.23. The van der Waals surface area contributed by atoms with Crippen molar-refractivity contribution in [1.29, 1.82) is 0 Å². The van der Waals surface area contributed by atoms with E-state index in [1.165, 1.54) is 7.05 Å². The number of pyridine rings is 1. The van der Waals surface area contributed by atoms with Crippen molar-refractivity contribution in [3.8, 4) is 5.88 Å². The van der Waals surface area contributed by atoms with Gasteiger partial charge in [-0.2, -0.15) is 49.6 Å². The number of aromatic amines is 1. The lowest BCUT2D eigenvalue weighted by Crippen LogP contribution is -2.40. The van der Waals surface area contributed by atoms with Crippen LogP contribution in [0.15, 0.2) is 30.3 Å². The molecule has 5 rings (SSSR count). The molecule has 3 heterocycles. The summed E-state index contributed by atoms with van der Waals surface area (Å²) in [5, 5.41) is 12.3. The fourth-order valence-electron chi connectivity index (χ4n) is 5.48. The van der Waals surface area contributed by atoms with E-state index >= 15 is 0 Å². The van der Waals surface area contributed by atoms with Crippen molar-refractivity contribution in [2.45, 2.75) is 63.2 Å². The third kappa shape index (κ3) is 8.81. The SMILES string of the molecule is Cn1c(Nc2cc(CNC(=O)c3cc(C(F)(F)F)n[nH]3)ccc2C(F)(F)F)nc2cc(C(=O)N[C@H]3CC[C@H](C(F)(F)F)CC3)c(OCC(F)F)nc21. The maximum atomic E-state index is 14.0. The van der Waals surface area contributed by atoms with Crippen LogP contribution in [0.3, 0.4) is 0 Å². The second kappa shape index (κ2) is 14.4. The van der Waals surface area contributed by atoms with Crippen molar-refractivity contribution < 1.29 is 62.6 Å². The number of rotatable bonds is 10. The number of halogens is 11. The van der Waals surface area contributed by atoms with E-state index in [4.69, 9.17) is 4.74 Å². The van der Waals surface area contributed by atoms with E-state index in [1.807, 2.05) is 5.10 Å². The zero-order chi connectivity index (χ0) is 38.2. The van der Waals surface area contributed by atoms with Crippen LogP contribution in [-0.4, -0.2) is 61.8 Å². The molecule has 2 amide bonds. The second-order valence-electron chi connectivity index (χ2n) is 11.8. The number of fused-ring (bicyclic) bond motifs is 1. The van der Waals surface area contributed by atoms with Gasteiger partial charge in [-0.15, -0.1) is 0 Å². The summed E-state index contributed by atoms with van der Waals surface area (Å²) in [4.78, 5) is 33.9. The molecule has 1 saturated carbocycles. The predicted molar refractivity (Wildman–Crippen MR) is 159 cm³/mol. The second-order valence-corrected chi connectivity index (χ2v) is 11.8. The van der Waals surface area contributed by atoms with Crippen LogP contribution in [0.1, 0.15) is 63.4 Å². The fourth-order valence-corrected chi connectivity index (χ4v) is 5.48. The van der Waals surface area contributed by atoms with Crippen LogP contribution in [-0.2, 0) is 25.9 Å². The largest absolute Gasteiger partial charge is 0.471 e. The van der Waals surface area contributed by atoms with E-state index in [2.05, 4.69) is 31.0 Å². The van der Waals surface area contributed by atoms with Crippen molar-refractivity contribution in [2.24, 2.45) is 13.0 Å². The highest BCUT2D eigenvalue weighted by Gasteiger charge is 2.42. The number of ether oxygens (including phenoxy) is 1. The lowest BCUT2D eigenvalue weighted by Gasteiger charge is -2.30. The maximum Gasteiger partial charge on any atom is 0.435 e. The molecule has 22 heteroatoms. The van der Waals surface area contributed by atoms with E-state index in [-0.39, 0.29) is 48.4 Å². The van der Waals surface area contributed by atoms with E-state index in [0.29, 0.717) is 12.1 Å². The Hall–Kier alpha value is -5.18. The molecule has 3 aromatic heterocycles. The van der Waals surface area contributed by atoms with Gasteiger partial charge in [0.15, 0.2) is 17.9 Å². The predicted octanol–water partition coefficient (Wildman–Crippen LogP) is 6.90. The number of imidazole rings is 1. The lowest BCUT2D eigenvalue weighted by molar-refractivity contribution is -0.182. The highest BCUT2D eigenvalue weighted by molar-refractivity contribution is 5.99. The molecular weight excluding hydrogens is 729 g/mol. The molecule has 4 N–H and O–H groups in total. The number of anilines is 2. The van der Waals surface area contributed by atoms with Gasteiger partial charge in [0.05, 0.1) is 17.2 Å². The average molecular weight is 757 g/mol. The summed E-state index contributed by atoms with van der Waals surface area (Å²) in [5.74, 6) is -4.34. The van der Waals surface area contributed by atoms with E-state index in [9.17, 15) is 57.9 Å². The molecule has 282 valence electrons. The summed E-state index contributed by atoms with van der Waals surface area (Å²) in [7, 11) is 1.30. The molecule has 0 unspecified atom stereocenters. The quantitative estimate of drug-likeness (QED) is 0.129. The number of benzene rings is 1. The number of carbonyl (C=O) groups is 2. The third-order valence-electron chi connectivity index (χ3n) is 8.13. The van der Waals surface area contributed by atoms with Crippen LogP contribution in [0.2, 0.25) is 0 Å². The molecule has 0 aliphatic heterocycles. The third-order valence-corrected chi connectivity index (χ3v) is 8.13. The molecule has 0 saturated heterocycles. The van der Waals surface area contributed by atoms with Gasteiger partial charge in [0.2, 0.25) is 11.8 Å². The Balaban J connectivity index is 1.40.